The number of benzene rings is 1. The van der Waals surface area contributed by atoms with Gasteiger partial charge in [-0.25, -0.2) is 4.79 Å². The first-order chi connectivity index (χ1) is 7.13. The summed E-state index contributed by atoms with van der Waals surface area (Å²) in [6.45, 7) is 2.01. The van der Waals surface area contributed by atoms with Gasteiger partial charge in [-0.15, -0.1) is 0 Å². The minimum absolute atomic E-state index is 0.384. The Hall–Kier alpha value is -1.29. The molecule has 0 fully saturated rings. The first-order valence-electron chi connectivity index (χ1n) is 4.40. The zero-order chi connectivity index (χ0) is 11.3. The summed E-state index contributed by atoms with van der Waals surface area (Å²) >= 11 is 3.42. The molecule has 0 spiro atoms. The number of ether oxygens (including phenoxy) is 1. The molecule has 1 N–H and O–H groups in total. The summed E-state index contributed by atoms with van der Waals surface area (Å²) in [7, 11) is 1.34. The molecule has 0 unspecified atom stereocenters. The molecule has 0 heterocycles. The molecule has 0 aliphatic rings. The van der Waals surface area contributed by atoms with Gasteiger partial charge in [0.1, 0.15) is 0 Å². The number of halogens is 1. The van der Waals surface area contributed by atoms with E-state index in [1.807, 2.05) is 25.1 Å². The van der Waals surface area contributed by atoms with Crippen molar-refractivity contribution >= 4 is 27.6 Å². The summed E-state index contributed by atoms with van der Waals surface area (Å²) in [6, 6.07) is 5.91. The molecule has 0 saturated carbocycles. The monoisotopic (exact) mass is 269 g/mol. The van der Waals surface area contributed by atoms with Gasteiger partial charge in [0.05, 0.1) is 12.8 Å². The molecule has 0 atom stereocenters. The van der Waals surface area contributed by atoms with Crippen molar-refractivity contribution in [3.05, 3.63) is 40.5 Å². The predicted molar refractivity (Wildman–Crippen MR) is 63.7 cm³/mol. The molecule has 0 amide bonds. The second-order valence-electron chi connectivity index (χ2n) is 2.98. The summed E-state index contributed by atoms with van der Waals surface area (Å²) in [5, 5.41) is 2.98. The molecule has 80 valence electrons. The van der Waals surface area contributed by atoms with Gasteiger partial charge in [-0.1, -0.05) is 6.07 Å². The van der Waals surface area contributed by atoms with E-state index < -0.39 is 0 Å². The zero-order valence-electron chi connectivity index (χ0n) is 8.58. The molecule has 3 nitrogen and oxygen atoms in total. The van der Waals surface area contributed by atoms with Gasteiger partial charge in [0.15, 0.2) is 0 Å². The van der Waals surface area contributed by atoms with Crippen LogP contribution in [0, 0.1) is 6.92 Å². The van der Waals surface area contributed by atoms with E-state index in [9.17, 15) is 4.79 Å². The molecule has 4 heteroatoms. The van der Waals surface area contributed by atoms with Gasteiger partial charge in [-0.2, -0.15) is 0 Å². The molecule has 0 aliphatic carbocycles. The Morgan fingerprint density at radius 1 is 1.53 bits per heavy atom. The molecule has 1 aromatic carbocycles. The number of hydrogen-bond donors (Lipinski definition) is 1. The lowest BCUT2D eigenvalue weighted by atomic mass is 10.2. The lowest BCUT2D eigenvalue weighted by molar-refractivity contribution is -0.134. The van der Waals surface area contributed by atoms with Crippen molar-refractivity contribution < 1.29 is 9.53 Å². The van der Waals surface area contributed by atoms with E-state index in [1.54, 1.807) is 6.20 Å². The first kappa shape index (κ1) is 11.8. The number of carbonyl (C=O) groups excluding carboxylic acids is 1. The summed E-state index contributed by atoms with van der Waals surface area (Å²) in [4.78, 5) is 10.8. The number of hydrogen-bond acceptors (Lipinski definition) is 3. The first-order valence-corrected chi connectivity index (χ1v) is 5.20. The molecular formula is C11H12BrNO2. The van der Waals surface area contributed by atoms with Crippen LogP contribution < -0.4 is 5.32 Å². The topological polar surface area (TPSA) is 38.3 Å². The maximum absolute atomic E-state index is 10.8. The number of esters is 1. The van der Waals surface area contributed by atoms with Crippen molar-refractivity contribution in [1.82, 2.24) is 0 Å². The number of anilines is 1. The largest absolute Gasteiger partial charge is 0.466 e. The highest BCUT2D eigenvalue weighted by Gasteiger charge is 1.97. The normalized spacial score (nSPS) is 10.3. The third-order valence-electron chi connectivity index (χ3n) is 1.78. The zero-order valence-corrected chi connectivity index (χ0v) is 10.2. The van der Waals surface area contributed by atoms with E-state index in [1.165, 1.54) is 18.7 Å². The molecule has 1 aromatic rings. The number of nitrogens with one attached hydrogen (secondary N) is 1. The smallest absolute Gasteiger partial charge is 0.331 e. The number of rotatable bonds is 3. The van der Waals surface area contributed by atoms with Crippen LogP contribution in [0.5, 0.6) is 0 Å². The fourth-order valence-corrected chi connectivity index (χ4v) is 1.61. The van der Waals surface area contributed by atoms with Gasteiger partial charge in [0.25, 0.3) is 0 Å². The van der Waals surface area contributed by atoms with Crippen LogP contribution in [0.1, 0.15) is 5.56 Å². The minimum Gasteiger partial charge on any atom is -0.466 e. The van der Waals surface area contributed by atoms with E-state index >= 15 is 0 Å². The Morgan fingerprint density at radius 3 is 2.87 bits per heavy atom. The lowest BCUT2D eigenvalue weighted by Gasteiger charge is -2.04. The van der Waals surface area contributed by atoms with Crippen LogP contribution in [0.25, 0.3) is 0 Å². The average Bonchev–Trinajstić information content (AvgIpc) is 2.21. The van der Waals surface area contributed by atoms with Gasteiger partial charge in [0.2, 0.25) is 0 Å². The quantitative estimate of drug-likeness (QED) is 0.678. The van der Waals surface area contributed by atoms with Crippen molar-refractivity contribution in [2.75, 3.05) is 12.4 Å². The maximum atomic E-state index is 10.8. The summed E-state index contributed by atoms with van der Waals surface area (Å²) in [5.41, 5.74) is 2.07. The fourth-order valence-electron chi connectivity index (χ4n) is 1.00. The van der Waals surface area contributed by atoms with Crippen LogP contribution in [0.15, 0.2) is 34.9 Å². The molecule has 0 aliphatic heterocycles. The Kier molecular flexibility index (Phi) is 4.37. The molecule has 0 radical (unpaired) electrons. The standard InChI is InChI=1S/C11H12BrNO2/c1-8-3-4-10(9(12)7-8)13-6-5-11(14)15-2/h3-7,13H,1-2H3/b6-5+. The van der Waals surface area contributed by atoms with Gasteiger partial charge in [0, 0.05) is 16.7 Å². The molecule has 15 heavy (non-hydrogen) atoms. The predicted octanol–water partition coefficient (Wildman–Crippen LogP) is 2.86. The minimum atomic E-state index is -0.384. The second kappa shape index (κ2) is 5.56. The highest BCUT2D eigenvalue weighted by Crippen LogP contribution is 2.23. The molecule has 0 aromatic heterocycles. The van der Waals surface area contributed by atoms with E-state index in [-0.39, 0.29) is 5.97 Å². The van der Waals surface area contributed by atoms with E-state index in [0.29, 0.717) is 0 Å². The van der Waals surface area contributed by atoms with Crippen LogP contribution >= 0.6 is 15.9 Å². The van der Waals surface area contributed by atoms with Crippen LogP contribution in [0.3, 0.4) is 0 Å². The third-order valence-corrected chi connectivity index (χ3v) is 2.44. The van der Waals surface area contributed by atoms with E-state index in [2.05, 4.69) is 26.0 Å². The van der Waals surface area contributed by atoms with Crippen LogP contribution in [-0.2, 0) is 9.53 Å². The number of methoxy groups -OCH3 is 1. The van der Waals surface area contributed by atoms with Gasteiger partial charge in [-0.3, -0.25) is 0 Å². The summed E-state index contributed by atoms with van der Waals surface area (Å²) < 4.78 is 5.42. The van der Waals surface area contributed by atoms with E-state index in [4.69, 9.17) is 0 Å². The van der Waals surface area contributed by atoms with Crippen molar-refractivity contribution in [2.45, 2.75) is 6.92 Å². The van der Waals surface area contributed by atoms with Crippen molar-refractivity contribution in [3.8, 4) is 0 Å². The molecule has 1 rings (SSSR count). The highest BCUT2D eigenvalue weighted by atomic mass is 79.9. The average molecular weight is 270 g/mol. The van der Waals surface area contributed by atoms with Gasteiger partial charge < -0.3 is 10.1 Å². The van der Waals surface area contributed by atoms with Crippen molar-refractivity contribution in [2.24, 2.45) is 0 Å². The number of aryl methyl sites for hydroxylation is 1. The Balaban J connectivity index is 2.65. The van der Waals surface area contributed by atoms with Gasteiger partial charge in [-0.05, 0) is 40.5 Å². The Morgan fingerprint density at radius 2 is 2.27 bits per heavy atom. The van der Waals surface area contributed by atoms with Crippen molar-refractivity contribution in [1.29, 1.82) is 0 Å². The molecular weight excluding hydrogens is 258 g/mol. The van der Waals surface area contributed by atoms with Crippen molar-refractivity contribution in [3.63, 3.8) is 0 Å². The summed E-state index contributed by atoms with van der Waals surface area (Å²) in [5.74, 6) is -0.384. The Bertz CT molecular complexity index is 388. The number of carbonyl (C=O) groups is 1. The second-order valence-corrected chi connectivity index (χ2v) is 3.84. The maximum Gasteiger partial charge on any atom is 0.331 e. The molecule has 0 bridgehead atoms. The van der Waals surface area contributed by atoms with Gasteiger partial charge >= 0.3 is 5.97 Å². The Labute approximate surface area is 97.3 Å². The lowest BCUT2D eigenvalue weighted by Crippen LogP contribution is -1.96. The third kappa shape index (κ3) is 3.75. The van der Waals surface area contributed by atoms with Crippen LogP contribution in [0.2, 0.25) is 0 Å². The van der Waals surface area contributed by atoms with Crippen LogP contribution in [0.4, 0.5) is 5.69 Å². The summed E-state index contributed by atoms with van der Waals surface area (Å²) in [6.07, 6.45) is 2.87. The fraction of sp³-hybridized carbons (Fsp3) is 0.182. The van der Waals surface area contributed by atoms with Crippen LogP contribution in [-0.4, -0.2) is 13.1 Å². The van der Waals surface area contributed by atoms with E-state index in [0.717, 1.165) is 10.2 Å². The highest BCUT2D eigenvalue weighted by molar-refractivity contribution is 9.10. The molecule has 0 saturated heterocycles. The SMILES string of the molecule is COC(=O)/C=C/Nc1ccc(C)cc1Br.